The predicted molar refractivity (Wildman–Crippen MR) is 141 cm³/mol. The first kappa shape index (κ1) is 25.7. The van der Waals surface area contributed by atoms with Crippen molar-refractivity contribution in [1.29, 1.82) is 0 Å². The normalized spacial score (nSPS) is 10.6. The Labute approximate surface area is 215 Å². The van der Waals surface area contributed by atoms with Crippen LogP contribution in [0.25, 0.3) is 10.8 Å². The van der Waals surface area contributed by atoms with Crippen LogP contribution in [0.3, 0.4) is 0 Å². The molecule has 4 aromatic carbocycles. The van der Waals surface area contributed by atoms with Crippen molar-refractivity contribution in [3.05, 3.63) is 102 Å². The summed E-state index contributed by atoms with van der Waals surface area (Å²) in [6.07, 6.45) is 0.161. The summed E-state index contributed by atoms with van der Waals surface area (Å²) in [4.78, 5) is 24.1. The molecule has 0 atom stereocenters. The van der Waals surface area contributed by atoms with Gasteiger partial charge < -0.3 is 24.3 Å². The fourth-order valence-corrected chi connectivity index (χ4v) is 3.62. The molecule has 0 fully saturated rings. The maximum absolute atomic E-state index is 12.2. The van der Waals surface area contributed by atoms with E-state index < -0.39 is 5.97 Å². The summed E-state index contributed by atoms with van der Waals surface area (Å²) in [5, 5.41) is 4.69. The zero-order valence-corrected chi connectivity index (χ0v) is 20.6. The van der Waals surface area contributed by atoms with Crippen molar-refractivity contribution in [2.75, 3.05) is 26.6 Å². The van der Waals surface area contributed by atoms with Crippen LogP contribution < -0.4 is 14.8 Å². The summed E-state index contributed by atoms with van der Waals surface area (Å²) in [5.41, 5.74) is 1.25. The molecular formula is C30H29NO6. The Morgan fingerprint density at radius 2 is 1.43 bits per heavy atom. The van der Waals surface area contributed by atoms with Crippen LogP contribution in [0.1, 0.15) is 22.8 Å². The van der Waals surface area contributed by atoms with Crippen molar-refractivity contribution in [2.45, 2.75) is 13.3 Å². The quantitative estimate of drug-likeness (QED) is 0.157. The van der Waals surface area contributed by atoms with Crippen molar-refractivity contribution < 1.29 is 28.5 Å². The van der Waals surface area contributed by atoms with Crippen LogP contribution >= 0.6 is 0 Å². The number of nitrogens with one attached hydrogen (secondary N) is 1. The lowest BCUT2D eigenvalue weighted by atomic mass is 10.1. The lowest BCUT2D eigenvalue weighted by molar-refractivity contribution is -0.121. The number of hydrogen-bond donors (Lipinski definition) is 1. The highest BCUT2D eigenvalue weighted by atomic mass is 16.5. The summed E-state index contributed by atoms with van der Waals surface area (Å²) in [6.45, 7) is 3.53. The molecule has 0 radical (unpaired) electrons. The number of fused-ring (bicyclic) bond motifs is 1. The van der Waals surface area contributed by atoms with E-state index >= 15 is 0 Å². The van der Waals surface area contributed by atoms with Crippen LogP contribution in [0.4, 0.5) is 0 Å². The molecule has 4 rings (SSSR count). The summed E-state index contributed by atoms with van der Waals surface area (Å²) in [7, 11) is 0. The molecule has 0 bridgehead atoms. The average Bonchev–Trinajstić information content (AvgIpc) is 2.92. The zero-order valence-electron chi connectivity index (χ0n) is 20.6. The minimum atomic E-state index is -0.484. The van der Waals surface area contributed by atoms with Crippen molar-refractivity contribution in [2.24, 2.45) is 0 Å². The van der Waals surface area contributed by atoms with E-state index in [9.17, 15) is 9.59 Å². The zero-order chi connectivity index (χ0) is 25.9. The Morgan fingerprint density at radius 3 is 2.16 bits per heavy atom. The van der Waals surface area contributed by atoms with Crippen LogP contribution in [-0.4, -0.2) is 38.4 Å². The molecule has 1 N–H and O–H groups in total. The van der Waals surface area contributed by atoms with E-state index in [1.165, 1.54) is 0 Å². The molecule has 0 saturated carbocycles. The lowest BCUT2D eigenvalue weighted by Gasteiger charge is -2.10. The van der Waals surface area contributed by atoms with Crippen LogP contribution in [-0.2, 0) is 20.7 Å². The summed E-state index contributed by atoms with van der Waals surface area (Å²) < 4.78 is 22.1. The number of amides is 1. The fourth-order valence-electron chi connectivity index (χ4n) is 3.62. The first-order valence-electron chi connectivity index (χ1n) is 12.1. The predicted octanol–water partition coefficient (Wildman–Crippen LogP) is 5.52. The molecule has 0 aliphatic heterocycles. The number of carbonyl (C=O) groups is 2. The third-order valence-corrected chi connectivity index (χ3v) is 5.49. The van der Waals surface area contributed by atoms with Gasteiger partial charge >= 0.3 is 5.97 Å². The minimum absolute atomic E-state index is 0.161. The molecule has 37 heavy (non-hydrogen) atoms. The monoisotopic (exact) mass is 499 g/mol. The van der Waals surface area contributed by atoms with E-state index in [2.05, 4.69) is 5.32 Å². The van der Waals surface area contributed by atoms with Gasteiger partial charge in [-0.15, -0.1) is 0 Å². The number of hydrogen-bond acceptors (Lipinski definition) is 6. The van der Waals surface area contributed by atoms with E-state index in [-0.39, 0.29) is 19.1 Å². The highest BCUT2D eigenvalue weighted by Crippen LogP contribution is 2.28. The third kappa shape index (κ3) is 7.81. The van der Waals surface area contributed by atoms with Crippen LogP contribution in [0.15, 0.2) is 91.0 Å². The largest absolute Gasteiger partial charge is 0.491 e. The van der Waals surface area contributed by atoms with Crippen LogP contribution in [0, 0.1) is 0 Å². The molecular weight excluding hydrogens is 470 g/mol. The van der Waals surface area contributed by atoms with Gasteiger partial charge in [0.25, 0.3) is 0 Å². The molecule has 0 aliphatic rings. The second-order valence-electron chi connectivity index (χ2n) is 8.18. The van der Waals surface area contributed by atoms with E-state index in [1.54, 1.807) is 24.3 Å². The number of benzene rings is 4. The van der Waals surface area contributed by atoms with Gasteiger partial charge in [0.2, 0.25) is 5.91 Å². The fraction of sp³-hybridized carbons (Fsp3) is 0.200. The van der Waals surface area contributed by atoms with E-state index in [4.69, 9.17) is 18.9 Å². The van der Waals surface area contributed by atoms with Crippen molar-refractivity contribution in [3.63, 3.8) is 0 Å². The van der Waals surface area contributed by atoms with Gasteiger partial charge in [-0.25, -0.2) is 4.79 Å². The van der Waals surface area contributed by atoms with Gasteiger partial charge in [-0.05, 0) is 71.8 Å². The Kier molecular flexibility index (Phi) is 9.10. The maximum Gasteiger partial charge on any atom is 0.339 e. The summed E-state index contributed by atoms with van der Waals surface area (Å²) in [5.74, 6) is 1.45. The Morgan fingerprint density at radius 1 is 0.757 bits per heavy atom. The first-order valence-corrected chi connectivity index (χ1v) is 12.1. The van der Waals surface area contributed by atoms with Crippen LogP contribution in [0.2, 0.25) is 0 Å². The van der Waals surface area contributed by atoms with Crippen LogP contribution in [0.5, 0.6) is 17.2 Å². The van der Waals surface area contributed by atoms with Gasteiger partial charge in [0.05, 0.1) is 18.6 Å². The number of rotatable bonds is 12. The Bertz CT molecular complexity index is 1320. The van der Waals surface area contributed by atoms with Crippen molar-refractivity contribution >= 4 is 22.6 Å². The van der Waals surface area contributed by atoms with Gasteiger partial charge in [0.1, 0.15) is 23.9 Å². The average molecular weight is 500 g/mol. The SMILES string of the molecule is CCOCCOc1ccc2cc(Oc3ccc(CC(=O)NCOC(=O)c4ccccc4)cc3)ccc2c1. The van der Waals surface area contributed by atoms with Gasteiger partial charge in [-0.3, -0.25) is 4.79 Å². The molecule has 4 aromatic rings. The van der Waals surface area contributed by atoms with Gasteiger partial charge in [-0.1, -0.05) is 42.5 Å². The lowest BCUT2D eigenvalue weighted by Crippen LogP contribution is -2.29. The molecule has 7 nitrogen and oxygen atoms in total. The number of carbonyl (C=O) groups excluding carboxylic acids is 2. The Balaban J connectivity index is 1.25. The van der Waals surface area contributed by atoms with E-state index in [0.717, 1.165) is 22.1 Å². The molecule has 0 saturated heterocycles. The molecule has 0 heterocycles. The van der Waals surface area contributed by atoms with E-state index in [1.807, 2.05) is 73.7 Å². The Hall–Kier alpha value is -4.36. The molecule has 190 valence electrons. The summed E-state index contributed by atoms with van der Waals surface area (Å²) >= 11 is 0. The number of ether oxygens (including phenoxy) is 4. The van der Waals surface area contributed by atoms with Crippen molar-refractivity contribution in [1.82, 2.24) is 5.32 Å². The molecule has 0 spiro atoms. The second kappa shape index (κ2) is 13.1. The molecule has 0 aliphatic carbocycles. The molecule has 0 aromatic heterocycles. The van der Waals surface area contributed by atoms with Gasteiger partial charge in [0.15, 0.2) is 6.73 Å². The smallest absolute Gasteiger partial charge is 0.339 e. The van der Waals surface area contributed by atoms with Gasteiger partial charge in [-0.2, -0.15) is 0 Å². The molecule has 0 unspecified atom stereocenters. The van der Waals surface area contributed by atoms with Gasteiger partial charge in [0, 0.05) is 6.61 Å². The third-order valence-electron chi connectivity index (χ3n) is 5.49. The highest BCUT2D eigenvalue weighted by molar-refractivity contribution is 5.89. The highest BCUT2D eigenvalue weighted by Gasteiger charge is 2.08. The molecule has 7 heteroatoms. The number of esters is 1. The standard InChI is InChI=1S/C30H29NO6/c1-2-34-16-17-35-27-14-10-25-20-28(15-11-24(25)19-27)37-26-12-8-22(9-13-26)18-29(32)31-21-36-30(33)23-6-4-3-5-7-23/h3-15,19-20H,2,16-18,21H2,1H3,(H,31,32). The topological polar surface area (TPSA) is 83.1 Å². The first-order chi connectivity index (χ1) is 18.1. The maximum atomic E-state index is 12.2. The summed E-state index contributed by atoms with van der Waals surface area (Å²) in [6, 6.07) is 27.7. The van der Waals surface area contributed by atoms with Crippen molar-refractivity contribution in [3.8, 4) is 17.2 Å². The van der Waals surface area contributed by atoms with E-state index in [0.29, 0.717) is 36.9 Å². The second-order valence-corrected chi connectivity index (χ2v) is 8.18. The molecule has 1 amide bonds. The minimum Gasteiger partial charge on any atom is -0.491 e.